The number of fused-ring (bicyclic) bond motifs is 1. The van der Waals surface area contributed by atoms with Crippen LogP contribution in [0.15, 0.2) is 60.9 Å². The van der Waals surface area contributed by atoms with Crippen LogP contribution in [-0.4, -0.2) is 15.5 Å². The molecule has 2 heterocycles. The summed E-state index contributed by atoms with van der Waals surface area (Å²) in [5.41, 5.74) is 5.03. The number of hydrogen-bond acceptors (Lipinski definition) is 2. The molecule has 0 saturated heterocycles. The molecule has 6 heteroatoms. The zero-order chi connectivity index (χ0) is 21.4. The maximum Gasteiger partial charge on any atom is 0.260 e. The molecule has 2 aromatic carbocycles. The fraction of sp³-hybridized carbons (Fsp3) is 0.167. The zero-order valence-electron chi connectivity index (χ0n) is 17.0. The summed E-state index contributed by atoms with van der Waals surface area (Å²) >= 11 is 6.34. The normalized spacial score (nSPS) is 11.1. The lowest BCUT2D eigenvalue weighted by Crippen LogP contribution is -2.31. The third-order valence-electron chi connectivity index (χ3n) is 5.58. The first-order valence-corrected chi connectivity index (χ1v) is 9.96. The Bertz CT molecular complexity index is 1250. The van der Waals surface area contributed by atoms with E-state index < -0.39 is 0 Å². The fourth-order valence-electron chi connectivity index (χ4n) is 3.70. The Hall–Kier alpha value is -3.18. The van der Waals surface area contributed by atoms with Crippen molar-refractivity contribution in [2.45, 2.75) is 20.4 Å². The molecule has 0 bridgehead atoms. The highest BCUT2D eigenvalue weighted by Crippen LogP contribution is 2.33. The van der Waals surface area contributed by atoms with Gasteiger partial charge in [0.05, 0.1) is 34.5 Å². The Morgan fingerprint density at radius 2 is 1.80 bits per heavy atom. The molecular weight excluding hydrogens is 401 g/mol. The number of hydrogen-bond donors (Lipinski definition) is 0. The third-order valence-corrected chi connectivity index (χ3v) is 5.91. The van der Waals surface area contributed by atoms with Gasteiger partial charge in [-0.15, -0.1) is 0 Å². The van der Waals surface area contributed by atoms with Crippen molar-refractivity contribution in [1.82, 2.24) is 9.55 Å². The van der Waals surface area contributed by atoms with E-state index in [4.69, 9.17) is 11.6 Å². The summed E-state index contributed by atoms with van der Waals surface area (Å²) in [5, 5.41) is 1.37. The van der Waals surface area contributed by atoms with Crippen LogP contribution < -0.4 is 4.90 Å². The van der Waals surface area contributed by atoms with Gasteiger partial charge < -0.3 is 9.47 Å². The number of carbonyl (C=O) groups is 1. The van der Waals surface area contributed by atoms with Crippen LogP contribution >= 0.6 is 11.6 Å². The van der Waals surface area contributed by atoms with Gasteiger partial charge in [-0.3, -0.25) is 9.78 Å². The first kappa shape index (κ1) is 20.1. The highest BCUT2D eigenvalue weighted by Gasteiger charge is 2.24. The van der Waals surface area contributed by atoms with E-state index >= 15 is 0 Å². The lowest BCUT2D eigenvalue weighted by atomic mass is 10.1. The molecule has 0 unspecified atom stereocenters. The van der Waals surface area contributed by atoms with E-state index in [9.17, 15) is 9.18 Å². The maximum absolute atomic E-state index is 13.6. The predicted octanol–water partition coefficient (Wildman–Crippen LogP) is 5.83. The maximum atomic E-state index is 13.6. The van der Waals surface area contributed by atoms with E-state index in [1.54, 1.807) is 47.5 Å². The van der Waals surface area contributed by atoms with Crippen molar-refractivity contribution in [2.75, 3.05) is 4.90 Å². The number of nitrogens with zero attached hydrogens (tertiary/aromatic N) is 3. The molecule has 4 nitrogen and oxygen atoms in total. The van der Waals surface area contributed by atoms with E-state index in [1.165, 1.54) is 12.1 Å². The highest BCUT2D eigenvalue weighted by atomic mass is 35.5. The van der Waals surface area contributed by atoms with Crippen LogP contribution in [-0.2, 0) is 13.6 Å². The van der Waals surface area contributed by atoms with Crippen molar-refractivity contribution in [3.8, 4) is 0 Å². The van der Waals surface area contributed by atoms with Gasteiger partial charge in [-0.1, -0.05) is 35.9 Å². The van der Waals surface area contributed by atoms with Gasteiger partial charge in [0.25, 0.3) is 5.91 Å². The van der Waals surface area contributed by atoms with Gasteiger partial charge in [0.1, 0.15) is 5.82 Å². The summed E-state index contributed by atoms with van der Waals surface area (Å²) in [6.45, 7) is 4.34. The topological polar surface area (TPSA) is 38.1 Å². The second-order valence-electron chi connectivity index (χ2n) is 7.32. The number of aryl methyl sites for hydroxylation is 2. The molecule has 0 atom stereocenters. The fourth-order valence-corrected chi connectivity index (χ4v) is 3.92. The van der Waals surface area contributed by atoms with Gasteiger partial charge in [-0.2, -0.15) is 0 Å². The molecular formula is C24H21ClFN3O. The number of benzene rings is 2. The summed E-state index contributed by atoms with van der Waals surface area (Å²) in [6, 6.07) is 13.1. The highest BCUT2D eigenvalue weighted by molar-refractivity contribution is 6.34. The molecule has 0 fully saturated rings. The van der Waals surface area contributed by atoms with Gasteiger partial charge >= 0.3 is 0 Å². The summed E-state index contributed by atoms with van der Waals surface area (Å²) in [5.74, 6) is -0.559. The van der Waals surface area contributed by atoms with Crippen LogP contribution in [0.1, 0.15) is 27.2 Å². The lowest BCUT2D eigenvalue weighted by Gasteiger charge is -2.24. The summed E-state index contributed by atoms with van der Waals surface area (Å²) in [7, 11) is 1.98. The van der Waals surface area contributed by atoms with E-state index in [2.05, 4.69) is 9.55 Å². The number of pyridine rings is 1. The predicted molar refractivity (Wildman–Crippen MR) is 119 cm³/mol. The van der Waals surface area contributed by atoms with Crippen molar-refractivity contribution in [1.29, 1.82) is 0 Å². The van der Waals surface area contributed by atoms with Gasteiger partial charge in [-0.05, 0) is 49.2 Å². The van der Waals surface area contributed by atoms with Gasteiger partial charge in [0.15, 0.2) is 0 Å². The molecule has 4 rings (SSSR count). The molecule has 0 aliphatic rings. The quantitative estimate of drug-likeness (QED) is 0.415. The lowest BCUT2D eigenvalue weighted by molar-refractivity contribution is 0.0985. The first-order chi connectivity index (χ1) is 14.4. The monoisotopic (exact) mass is 421 g/mol. The molecule has 0 saturated carbocycles. The molecule has 0 N–H and O–H groups in total. The van der Waals surface area contributed by atoms with Crippen molar-refractivity contribution < 1.29 is 9.18 Å². The second-order valence-corrected chi connectivity index (χ2v) is 7.73. The SMILES string of the molecule is Cc1c(C)n(C)c2c(N(Cc3ccc(F)cc3)C(=O)c3ccccc3Cl)cncc12. The number of aromatic nitrogens is 2. The van der Waals surface area contributed by atoms with Crippen molar-refractivity contribution in [3.63, 3.8) is 0 Å². The van der Waals surface area contributed by atoms with Crippen molar-refractivity contribution in [2.24, 2.45) is 7.05 Å². The number of anilines is 1. The van der Waals surface area contributed by atoms with Crippen LogP contribution in [0, 0.1) is 19.7 Å². The molecule has 1 amide bonds. The van der Waals surface area contributed by atoms with Crippen molar-refractivity contribution >= 4 is 34.1 Å². The van der Waals surface area contributed by atoms with Crippen LogP contribution in [0.3, 0.4) is 0 Å². The number of halogens is 2. The summed E-state index contributed by atoms with van der Waals surface area (Å²) in [4.78, 5) is 19.7. The number of rotatable bonds is 4. The average molecular weight is 422 g/mol. The second kappa shape index (κ2) is 7.92. The smallest absolute Gasteiger partial charge is 0.260 e. The minimum Gasteiger partial charge on any atom is -0.346 e. The van der Waals surface area contributed by atoms with Gasteiger partial charge in [0, 0.05) is 24.3 Å². The zero-order valence-corrected chi connectivity index (χ0v) is 17.7. The average Bonchev–Trinajstić information content (AvgIpc) is 2.97. The number of carbonyl (C=O) groups excluding carboxylic acids is 1. The van der Waals surface area contributed by atoms with Gasteiger partial charge in [0.2, 0.25) is 0 Å². The van der Waals surface area contributed by atoms with E-state index in [1.807, 2.05) is 27.1 Å². The van der Waals surface area contributed by atoms with E-state index in [-0.39, 0.29) is 18.3 Å². The molecule has 4 aromatic rings. The van der Waals surface area contributed by atoms with Crippen LogP contribution in [0.25, 0.3) is 10.9 Å². The largest absolute Gasteiger partial charge is 0.346 e. The summed E-state index contributed by atoms with van der Waals surface area (Å²) in [6.07, 6.45) is 3.51. The van der Waals surface area contributed by atoms with Crippen molar-refractivity contribution in [3.05, 3.63) is 94.1 Å². The van der Waals surface area contributed by atoms with E-state index in [0.29, 0.717) is 16.3 Å². The van der Waals surface area contributed by atoms with E-state index in [0.717, 1.165) is 27.7 Å². The van der Waals surface area contributed by atoms with Crippen LogP contribution in [0.2, 0.25) is 5.02 Å². The Labute approximate surface area is 179 Å². The Balaban J connectivity index is 1.91. The molecule has 152 valence electrons. The minimum atomic E-state index is -0.319. The molecule has 2 aromatic heterocycles. The summed E-state index contributed by atoms with van der Waals surface area (Å²) < 4.78 is 15.5. The molecule has 0 spiro atoms. The number of amides is 1. The Kier molecular flexibility index (Phi) is 5.31. The third kappa shape index (κ3) is 3.46. The van der Waals surface area contributed by atoms with Crippen LogP contribution in [0.5, 0.6) is 0 Å². The molecule has 0 aliphatic carbocycles. The van der Waals surface area contributed by atoms with Crippen LogP contribution in [0.4, 0.5) is 10.1 Å². The first-order valence-electron chi connectivity index (χ1n) is 9.59. The Morgan fingerprint density at radius 3 is 2.50 bits per heavy atom. The molecule has 30 heavy (non-hydrogen) atoms. The minimum absolute atomic E-state index is 0.240. The Morgan fingerprint density at radius 1 is 1.10 bits per heavy atom. The van der Waals surface area contributed by atoms with Gasteiger partial charge in [-0.25, -0.2) is 4.39 Å². The molecule has 0 aliphatic heterocycles. The molecule has 0 radical (unpaired) electrons. The standard InChI is InChI=1S/C24H21ClFN3O/c1-15-16(2)28(3)23-20(15)12-27-13-22(23)29(14-17-8-10-18(26)11-9-17)24(30)19-6-4-5-7-21(19)25/h4-13H,14H2,1-3H3.